The molecule has 0 N–H and O–H groups in total. The largest absolute Gasteiger partial charge is 0.309 e. The van der Waals surface area contributed by atoms with E-state index in [0.717, 1.165) is 11.4 Å². The van der Waals surface area contributed by atoms with Gasteiger partial charge in [0.1, 0.15) is 0 Å². The lowest BCUT2D eigenvalue weighted by Gasteiger charge is -2.27. The van der Waals surface area contributed by atoms with Crippen LogP contribution >= 0.6 is 22.7 Å². The summed E-state index contributed by atoms with van der Waals surface area (Å²) in [6, 6.07) is 68.7. The molecule has 0 atom stereocenters. The lowest BCUT2D eigenvalue weighted by Crippen LogP contribution is -2.10. The van der Waals surface area contributed by atoms with E-state index in [4.69, 9.17) is 0 Å². The number of fused-ring (bicyclic) bond motifs is 6. The number of benzene rings is 8. The minimum absolute atomic E-state index is 1.12. The summed E-state index contributed by atoms with van der Waals surface area (Å²) >= 11 is 3.73. The maximum Gasteiger partial charge on any atom is 0.0640 e. The van der Waals surface area contributed by atoms with Crippen molar-refractivity contribution in [1.82, 2.24) is 0 Å². The van der Waals surface area contributed by atoms with E-state index >= 15 is 0 Å². The van der Waals surface area contributed by atoms with Gasteiger partial charge in [0.25, 0.3) is 0 Å². The number of rotatable bonds is 6. The number of hydrogen-bond acceptors (Lipinski definition) is 3. The summed E-state index contributed by atoms with van der Waals surface area (Å²) in [5, 5.41) is 5.21. The van der Waals surface area contributed by atoms with Crippen LogP contribution in [0.25, 0.3) is 73.7 Å². The van der Waals surface area contributed by atoms with Crippen molar-refractivity contribution in [1.29, 1.82) is 0 Å². The molecule has 3 heteroatoms. The molecule has 0 spiro atoms. The summed E-state index contributed by atoms with van der Waals surface area (Å²) in [5.41, 5.74) is 10.6. The van der Waals surface area contributed by atoms with Crippen molar-refractivity contribution >= 4 is 80.1 Å². The Balaban J connectivity index is 1.22. The average molecular weight is 686 g/mol. The molecule has 0 saturated carbocycles. The van der Waals surface area contributed by atoms with E-state index in [1.54, 1.807) is 0 Å². The molecule has 8 aromatic carbocycles. The molecule has 0 aliphatic rings. The van der Waals surface area contributed by atoms with Crippen molar-refractivity contribution in [3.8, 4) is 33.4 Å². The second kappa shape index (κ2) is 12.4. The molecule has 0 saturated heterocycles. The Morgan fingerprint density at radius 2 is 0.824 bits per heavy atom. The van der Waals surface area contributed by atoms with Crippen molar-refractivity contribution in [2.24, 2.45) is 0 Å². The first kappa shape index (κ1) is 29.9. The maximum atomic E-state index is 2.46. The molecule has 0 aliphatic heterocycles. The van der Waals surface area contributed by atoms with Crippen molar-refractivity contribution in [2.75, 3.05) is 4.90 Å². The summed E-state index contributed by atoms with van der Waals surface area (Å²) in [4.78, 5) is 2.46. The third-order valence-electron chi connectivity index (χ3n) is 9.85. The van der Waals surface area contributed by atoms with E-state index in [2.05, 4.69) is 193 Å². The fourth-order valence-electron chi connectivity index (χ4n) is 7.38. The monoisotopic (exact) mass is 685 g/mol. The smallest absolute Gasteiger partial charge is 0.0640 e. The Morgan fingerprint density at radius 1 is 0.294 bits per heavy atom. The van der Waals surface area contributed by atoms with Gasteiger partial charge in [-0.15, -0.1) is 22.7 Å². The molecule has 0 fully saturated rings. The Bertz CT molecular complexity index is 2850. The predicted molar refractivity (Wildman–Crippen MR) is 223 cm³/mol. The molecule has 0 radical (unpaired) electrons. The van der Waals surface area contributed by atoms with Crippen LogP contribution in [0.1, 0.15) is 0 Å². The number of hydrogen-bond donors (Lipinski definition) is 0. The summed E-state index contributed by atoms with van der Waals surface area (Å²) in [6.45, 7) is 0. The standard InChI is InChI=1S/C48H31NS2/c1-3-12-32(13-4-1)34-22-25-38(26-23-34)49(44-19-11-18-42-40-16-7-10-21-46(40)51-48(42)44)39-29-36(33-14-5-2-6-15-33)28-37(30-39)35-24-27-47-43(31-35)41-17-8-9-20-45(41)50-47/h1-31H. The molecule has 0 unspecified atom stereocenters. The van der Waals surface area contributed by atoms with Gasteiger partial charge in [0.15, 0.2) is 0 Å². The number of anilines is 3. The van der Waals surface area contributed by atoms with Gasteiger partial charge in [-0.3, -0.25) is 0 Å². The van der Waals surface area contributed by atoms with Gasteiger partial charge in [-0.2, -0.15) is 0 Å². The van der Waals surface area contributed by atoms with Crippen LogP contribution in [-0.2, 0) is 0 Å². The minimum Gasteiger partial charge on any atom is -0.309 e. The second-order valence-corrected chi connectivity index (χ2v) is 15.1. The first-order valence-corrected chi connectivity index (χ1v) is 18.9. The predicted octanol–water partition coefficient (Wildman–Crippen LogP) is 14.9. The summed E-state index contributed by atoms with van der Waals surface area (Å²) in [5.74, 6) is 0. The molecular weight excluding hydrogens is 655 g/mol. The number of nitrogens with zero attached hydrogens (tertiary/aromatic N) is 1. The van der Waals surface area contributed by atoms with Gasteiger partial charge in [0, 0.05) is 47.0 Å². The summed E-state index contributed by atoms with van der Waals surface area (Å²) < 4.78 is 5.22. The first-order valence-electron chi connectivity index (χ1n) is 17.2. The van der Waals surface area contributed by atoms with Crippen molar-refractivity contribution in [3.05, 3.63) is 188 Å². The van der Waals surface area contributed by atoms with Crippen LogP contribution in [0.4, 0.5) is 17.1 Å². The van der Waals surface area contributed by atoms with Crippen LogP contribution in [0.2, 0.25) is 0 Å². The normalized spacial score (nSPS) is 11.5. The quantitative estimate of drug-likeness (QED) is 0.168. The molecule has 0 bridgehead atoms. The highest BCUT2D eigenvalue weighted by molar-refractivity contribution is 7.26. The van der Waals surface area contributed by atoms with Gasteiger partial charge < -0.3 is 4.90 Å². The third-order valence-corrected chi connectivity index (χ3v) is 12.2. The molecule has 51 heavy (non-hydrogen) atoms. The molecule has 2 heterocycles. The van der Waals surface area contributed by atoms with Gasteiger partial charge in [0.05, 0.1) is 10.4 Å². The third kappa shape index (κ3) is 5.30. The van der Waals surface area contributed by atoms with Crippen molar-refractivity contribution in [2.45, 2.75) is 0 Å². The van der Waals surface area contributed by atoms with Crippen molar-refractivity contribution < 1.29 is 0 Å². The van der Waals surface area contributed by atoms with Gasteiger partial charge in [-0.05, 0) is 94.0 Å². The molecule has 10 aromatic rings. The fraction of sp³-hybridized carbons (Fsp3) is 0. The van der Waals surface area contributed by atoms with E-state index in [-0.39, 0.29) is 0 Å². The van der Waals surface area contributed by atoms with E-state index in [1.165, 1.54) is 79.4 Å². The Hall–Kier alpha value is -6.00. The molecular formula is C48H31NS2. The van der Waals surface area contributed by atoms with E-state index < -0.39 is 0 Å². The highest BCUT2D eigenvalue weighted by Gasteiger charge is 2.20. The van der Waals surface area contributed by atoms with E-state index in [0.29, 0.717) is 0 Å². The van der Waals surface area contributed by atoms with Crippen LogP contribution in [0, 0.1) is 0 Å². The topological polar surface area (TPSA) is 3.24 Å². The molecule has 0 amide bonds. The minimum atomic E-state index is 1.12. The van der Waals surface area contributed by atoms with Gasteiger partial charge in [0.2, 0.25) is 0 Å². The molecule has 0 aliphatic carbocycles. The zero-order chi connectivity index (χ0) is 33.7. The van der Waals surface area contributed by atoms with Gasteiger partial charge in [-0.1, -0.05) is 127 Å². The average Bonchev–Trinajstić information content (AvgIpc) is 3.78. The molecule has 10 rings (SSSR count). The maximum absolute atomic E-state index is 2.46. The highest BCUT2D eigenvalue weighted by Crippen LogP contribution is 2.47. The van der Waals surface area contributed by atoms with Crippen LogP contribution in [0.15, 0.2) is 188 Å². The molecule has 1 nitrogen and oxygen atoms in total. The first-order chi connectivity index (χ1) is 25.3. The Labute approximate surface area is 304 Å². The van der Waals surface area contributed by atoms with Crippen LogP contribution in [-0.4, -0.2) is 0 Å². The zero-order valence-corrected chi connectivity index (χ0v) is 29.3. The summed E-state index contributed by atoms with van der Waals surface area (Å²) in [7, 11) is 0. The number of thiophene rings is 2. The fourth-order valence-corrected chi connectivity index (χ4v) is 9.67. The second-order valence-electron chi connectivity index (χ2n) is 12.9. The highest BCUT2D eigenvalue weighted by atomic mass is 32.1. The lowest BCUT2D eigenvalue weighted by molar-refractivity contribution is 1.30. The lowest BCUT2D eigenvalue weighted by atomic mass is 9.96. The van der Waals surface area contributed by atoms with Crippen LogP contribution in [0.3, 0.4) is 0 Å². The molecule has 240 valence electrons. The SMILES string of the molecule is c1ccc(-c2ccc(N(c3cc(-c4ccccc4)cc(-c4ccc5sc6ccccc6c5c4)c3)c3cccc4c3sc3ccccc34)cc2)cc1. The van der Waals surface area contributed by atoms with Gasteiger partial charge in [-0.25, -0.2) is 0 Å². The molecule has 2 aromatic heterocycles. The van der Waals surface area contributed by atoms with Crippen LogP contribution in [0.5, 0.6) is 0 Å². The van der Waals surface area contributed by atoms with E-state index in [1.807, 2.05) is 22.7 Å². The van der Waals surface area contributed by atoms with Crippen molar-refractivity contribution in [3.63, 3.8) is 0 Å². The summed E-state index contributed by atoms with van der Waals surface area (Å²) in [6.07, 6.45) is 0. The van der Waals surface area contributed by atoms with Gasteiger partial charge >= 0.3 is 0 Å². The van der Waals surface area contributed by atoms with Crippen LogP contribution < -0.4 is 4.90 Å². The van der Waals surface area contributed by atoms with E-state index in [9.17, 15) is 0 Å². The Morgan fingerprint density at radius 3 is 1.55 bits per heavy atom. The zero-order valence-electron chi connectivity index (χ0n) is 27.7. The Kier molecular flexibility index (Phi) is 7.26.